The summed E-state index contributed by atoms with van der Waals surface area (Å²) in [6.07, 6.45) is 0. The molecule has 0 aromatic carbocycles. The molecule has 3 nitrogen and oxygen atoms in total. The van der Waals surface area contributed by atoms with E-state index in [0.717, 1.165) is 0 Å². The van der Waals surface area contributed by atoms with E-state index in [-0.39, 0.29) is 5.88 Å². The van der Waals surface area contributed by atoms with Crippen molar-refractivity contribution in [3.8, 4) is 0 Å². The lowest BCUT2D eigenvalue weighted by molar-refractivity contribution is -0.117. The van der Waals surface area contributed by atoms with Gasteiger partial charge in [-0.05, 0) is 13.5 Å². The topological polar surface area (TPSA) is 49.3 Å². The summed E-state index contributed by atoms with van der Waals surface area (Å²) in [7, 11) is 0. The van der Waals surface area contributed by atoms with E-state index in [2.05, 4.69) is 18.5 Å². The van der Waals surface area contributed by atoms with E-state index in [9.17, 15) is 4.79 Å². The summed E-state index contributed by atoms with van der Waals surface area (Å²) in [6, 6.07) is 0. The van der Waals surface area contributed by atoms with Crippen molar-refractivity contribution < 1.29 is 9.90 Å². The lowest BCUT2D eigenvalue weighted by Crippen LogP contribution is -2.21. The minimum absolute atomic E-state index is 0.338. The predicted octanol–water partition coefficient (Wildman–Crippen LogP) is 0.708. The van der Waals surface area contributed by atoms with Crippen molar-refractivity contribution >= 4 is 5.91 Å². The highest BCUT2D eigenvalue weighted by Gasteiger charge is 1.99. The highest BCUT2D eigenvalue weighted by atomic mass is 16.3. The van der Waals surface area contributed by atoms with Crippen LogP contribution in [0.2, 0.25) is 0 Å². The maximum atomic E-state index is 10.5. The van der Waals surface area contributed by atoms with Gasteiger partial charge in [0.05, 0.1) is 0 Å². The maximum absolute atomic E-state index is 10.5. The summed E-state index contributed by atoms with van der Waals surface area (Å²) in [5, 5.41) is 10.5. The maximum Gasteiger partial charge on any atom is 0.252 e. The fraction of sp³-hybridized carbons (Fsp3) is 0.167. The quantitative estimate of drug-likeness (QED) is 0.424. The number of amides is 1. The Bertz CT molecular complexity index is 160. The Balaban J connectivity index is 3.79. The number of nitrogens with one attached hydrogen (secondary N) is 1. The summed E-state index contributed by atoms with van der Waals surface area (Å²) >= 11 is 0. The molecule has 0 unspecified atom stereocenters. The first-order valence-corrected chi connectivity index (χ1v) is 2.38. The van der Waals surface area contributed by atoms with Crippen LogP contribution in [0.25, 0.3) is 0 Å². The van der Waals surface area contributed by atoms with Gasteiger partial charge < -0.3 is 5.11 Å². The van der Waals surface area contributed by atoms with E-state index in [1.54, 1.807) is 0 Å². The van der Waals surface area contributed by atoms with Crippen molar-refractivity contribution in [3.63, 3.8) is 0 Å². The molecule has 0 aromatic rings. The van der Waals surface area contributed by atoms with Crippen molar-refractivity contribution in [2.24, 2.45) is 0 Å². The van der Waals surface area contributed by atoms with E-state index >= 15 is 0 Å². The first-order valence-electron chi connectivity index (χ1n) is 2.38. The van der Waals surface area contributed by atoms with E-state index in [0.29, 0.717) is 5.57 Å². The standard InChI is InChI=1S/C6H9NO2/c1-4(2)6(9)7-5(3)8/h8H,1,3H2,2H3,(H,7,9). The third kappa shape index (κ3) is 3.34. The average molecular weight is 127 g/mol. The van der Waals surface area contributed by atoms with Gasteiger partial charge in [0.25, 0.3) is 5.91 Å². The average Bonchev–Trinajstić information content (AvgIpc) is 1.63. The minimum atomic E-state index is -0.414. The fourth-order valence-corrected chi connectivity index (χ4v) is 0.238. The Morgan fingerprint density at radius 1 is 1.56 bits per heavy atom. The highest BCUT2D eigenvalue weighted by molar-refractivity contribution is 5.92. The van der Waals surface area contributed by atoms with Crippen LogP contribution < -0.4 is 5.32 Å². The van der Waals surface area contributed by atoms with Gasteiger partial charge in [0.1, 0.15) is 0 Å². The summed E-state index contributed by atoms with van der Waals surface area (Å²) in [6.45, 7) is 7.94. The normalized spacial score (nSPS) is 8.11. The number of carbonyl (C=O) groups is 1. The molecule has 0 heterocycles. The van der Waals surface area contributed by atoms with Crippen LogP contribution in [0, 0.1) is 0 Å². The van der Waals surface area contributed by atoms with E-state index in [1.807, 2.05) is 0 Å². The Labute approximate surface area is 53.7 Å². The molecule has 1 amide bonds. The molecule has 0 aliphatic carbocycles. The lowest BCUT2D eigenvalue weighted by Gasteiger charge is -1.99. The van der Waals surface area contributed by atoms with Crippen LogP contribution in [0.1, 0.15) is 6.92 Å². The second kappa shape index (κ2) is 2.91. The van der Waals surface area contributed by atoms with Gasteiger partial charge in [-0.1, -0.05) is 6.58 Å². The molecule has 0 spiro atoms. The molecule has 50 valence electrons. The zero-order chi connectivity index (χ0) is 7.44. The summed E-state index contributed by atoms with van der Waals surface area (Å²) in [5.74, 6) is -0.773. The molecule has 0 fully saturated rings. The smallest absolute Gasteiger partial charge is 0.252 e. The van der Waals surface area contributed by atoms with Gasteiger partial charge in [-0.2, -0.15) is 0 Å². The Morgan fingerprint density at radius 3 is 2.11 bits per heavy atom. The second-order valence-electron chi connectivity index (χ2n) is 1.68. The van der Waals surface area contributed by atoms with Crippen molar-refractivity contribution in [3.05, 3.63) is 24.6 Å². The van der Waals surface area contributed by atoms with E-state index < -0.39 is 5.91 Å². The van der Waals surface area contributed by atoms with Crippen molar-refractivity contribution in [2.75, 3.05) is 0 Å². The van der Waals surface area contributed by atoms with Crippen molar-refractivity contribution in [1.29, 1.82) is 0 Å². The number of hydrogen-bond acceptors (Lipinski definition) is 2. The zero-order valence-corrected chi connectivity index (χ0v) is 5.27. The Morgan fingerprint density at radius 2 is 2.00 bits per heavy atom. The first-order chi connectivity index (χ1) is 4.04. The summed E-state index contributed by atoms with van der Waals surface area (Å²) in [4.78, 5) is 10.5. The van der Waals surface area contributed by atoms with Gasteiger partial charge in [0.15, 0.2) is 5.88 Å². The first kappa shape index (κ1) is 7.75. The van der Waals surface area contributed by atoms with Crippen molar-refractivity contribution in [1.82, 2.24) is 5.32 Å². The zero-order valence-electron chi connectivity index (χ0n) is 5.27. The van der Waals surface area contributed by atoms with Gasteiger partial charge in [-0.3, -0.25) is 10.1 Å². The molecule has 0 rings (SSSR count). The monoisotopic (exact) mass is 127 g/mol. The molecule has 0 bridgehead atoms. The van der Waals surface area contributed by atoms with Crippen LogP contribution >= 0.6 is 0 Å². The van der Waals surface area contributed by atoms with Crippen LogP contribution in [-0.4, -0.2) is 11.0 Å². The van der Waals surface area contributed by atoms with Crippen LogP contribution in [0.5, 0.6) is 0 Å². The van der Waals surface area contributed by atoms with Gasteiger partial charge >= 0.3 is 0 Å². The molecule has 0 saturated heterocycles. The summed E-state index contributed by atoms with van der Waals surface area (Å²) < 4.78 is 0. The van der Waals surface area contributed by atoms with Crippen LogP contribution in [0.4, 0.5) is 0 Å². The highest BCUT2D eigenvalue weighted by Crippen LogP contribution is 1.86. The number of hydrogen-bond donors (Lipinski definition) is 2. The molecule has 0 radical (unpaired) electrons. The van der Waals surface area contributed by atoms with Gasteiger partial charge in [0, 0.05) is 5.57 Å². The number of aliphatic hydroxyl groups excluding tert-OH is 1. The van der Waals surface area contributed by atoms with E-state index in [1.165, 1.54) is 6.92 Å². The minimum Gasteiger partial charge on any atom is -0.495 e. The Hall–Kier alpha value is -1.25. The van der Waals surface area contributed by atoms with Crippen LogP contribution in [-0.2, 0) is 4.79 Å². The molecule has 3 heteroatoms. The molecule has 0 atom stereocenters. The van der Waals surface area contributed by atoms with E-state index in [4.69, 9.17) is 5.11 Å². The molecule has 0 aliphatic heterocycles. The molecule has 2 N–H and O–H groups in total. The van der Waals surface area contributed by atoms with Gasteiger partial charge in [-0.15, -0.1) is 0 Å². The van der Waals surface area contributed by atoms with Crippen LogP contribution in [0.15, 0.2) is 24.6 Å². The third-order valence-corrected chi connectivity index (χ3v) is 0.645. The van der Waals surface area contributed by atoms with Gasteiger partial charge in [0.2, 0.25) is 0 Å². The Kier molecular flexibility index (Phi) is 2.51. The molecule has 0 saturated carbocycles. The number of carbonyl (C=O) groups excluding carboxylic acids is 1. The molecular formula is C6H9NO2. The SMILES string of the molecule is C=C(O)NC(=O)C(=C)C. The van der Waals surface area contributed by atoms with Crippen molar-refractivity contribution in [2.45, 2.75) is 6.92 Å². The number of rotatable bonds is 2. The molecular weight excluding hydrogens is 118 g/mol. The fourth-order valence-electron chi connectivity index (χ4n) is 0.238. The summed E-state index contributed by atoms with van der Waals surface area (Å²) in [5.41, 5.74) is 0.338. The third-order valence-electron chi connectivity index (χ3n) is 0.645. The lowest BCUT2D eigenvalue weighted by atomic mass is 10.3. The second-order valence-corrected chi connectivity index (χ2v) is 1.68. The van der Waals surface area contributed by atoms with Gasteiger partial charge in [-0.25, -0.2) is 0 Å². The molecule has 0 aliphatic rings. The molecule has 9 heavy (non-hydrogen) atoms. The van der Waals surface area contributed by atoms with Crippen LogP contribution in [0.3, 0.4) is 0 Å². The largest absolute Gasteiger partial charge is 0.495 e. The number of aliphatic hydroxyl groups is 1. The predicted molar refractivity (Wildman–Crippen MR) is 34.7 cm³/mol. The molecule has 0 aromatic heterocycles.